The average Bonchev–Trinajstić information content (AvgIpc) is 2.99. The van der Waals surface area contributed by atoms with Gasteiger partial charge in [0, 0.05) is 25.4 Å². The van der Waals surface area contributed by atoms with Gasteiger partial charge < -0.3 is 10.1 Å². The second-order valence-electron chi connectivity index (χ2n) is 5.27. The lowest BCUT2D eigenvalue weighted by atomic mass is 10.1. The van der Waals surface area contributed by atoms with Crippen molar-refractivity contribution in [2.75, 3.05) is 18.5 Å². The van der Waals surface area contributed by atoms with Gasteiger partial charge in [0.15, 0.2) is 0 Å². The van der Waals surface area contributed by atoms with Crippen molar-refractivity contribution in [3.63, 3.8) is 0 Å². The lowest BCUT2D eigenvalue weighted by Crippen LogP contribution is -2.40. The zero-order valence-corrected chi connectivity index (χ0v) is 13.3. The molecule has 2 heterocycles. The summed E-state index contributed by atoms with van der Waals surface area (Å²) in [7, 11) is -3.55. The van der Waals surface area contributed by atoms with E-state index in [1.807, 2.05) is 6.92 Å². The lowest BCUT2D eigenvalue weighted by Gasteiger charge is -2.19. The molecule has 0 aromatic carbocycles. The highest BCUT2D eigenvalue weighted by Crippen LogP contribution is 2.18. The standard InChI is InChI=1S/C14H23N3O3S/c1-3-8-15-14-7-6-12(10-16-14)21(18,19)17-11(2)13-5-4-9-20-13/h6-7,10-11,13,17H,3-5,8-9H2,1-2H3,(H,15,16). The first-order chi connectivity index (χ1) is 10.0. The molecule has 2 rings (SSSR count). The third kappa shape index (κ3) is 4.39. The first kappa shape index (κ1) is 16.2. The van der Waals surface area contributed by atoms with Crippen LogP contribution in [-0.4, -0.2) is 38.7 Å². The summed E-state index contributed by atoms with van der Waals surface area (Å²) >= 11 is 0. The van der Waals surface area contributed by atoms with Crippen molar-refractivity contribution in [2.45, 2.75) is 50.2 Å². The van der Waals surface area contributed by atoms with Gasteiger partial charge in [-0.3, -0.25) is 0 Å². The number of hydrogen-bond acceptors (Lipinski definition) is 5. The fourth-order valence-electron chi connectivity index (χ4n) is 2.28. The molecule has 0 radical (unpaired) electrons. The molecular formula is C14H23N3O3S. The Kier molecular flexibility index (Phi) is 5.55. The van der Waals surface area contributed by atoms with Crippen molar-refractivity contribution in [3.8, 4) is 0 Å². The van der Waals surface area contributed by atoms with Crippen LogP contribution in [0.25, 0.3) is 0 Å². The van der Waals surface area contributed by atoms with E-state index in [0.717, 1.165) is 25.8 Å². The Morgan fingerprint density at radius 3 is 2.86 bits per heavy atom. The third-order valence-electron chi connectivity index (χ3n) is 3.47. The van der Waals surface area contributed by atoms with Crippen LogP contribution in [0.5, 0.6) is 0 Å². The summed E-state index contributed by atoms with van der Waals surface area (Å²) in [6, 6.07) is 3.01. The van der Waals surface area contributed by atoms with Crippen LogP contribution in [0.15, 0.2) is 23.2 Å². The number of sulfonamides is 1. The minimum atomic E-state index is -3.55. The van der Waals surface area contributed by atoms with E-state index in [1.54, 1.807) is 12.1 Å². The molecule has 0 spiro atoms. The van der Waals surface area contributed by atoms with Gasteiger partial charge in [-0.1, -0.05) is 6.92 Å². The number of ether oxygens (including phenoxy) is 1. The van der Waals surface area contributed by atoms with Crippen LogP contribution < -0.4 is 10.0 Å². The van der Waals surface area contributed by atoms with E-state index in [4.69, 9.17) is 4.74 Å². The van der Waals surface area contributed by atoms with Crippen molar-refractivity contribution in [1.29, 1.82) is 0 Å². The Hall–Kier alpha value is -1.18. The van der Waals surface area contributed by atoms with Gasteiger partial charge in [-0.25, -0.2) is 18.1 Å². The van der Waals surface area contributed by atoms with Gasteiger partial charge in [-0.15, -0.1) is 0 Å². The molecule has 0 amide bonds. The molecular weight excluding hydrogens is 290 g/mol. The number of nitrogens with one attached hydrogen (secondary N) is 2. The zero-order valence-electron chi connectivity index (χ0n) is 12.5. The van der Waals surface area contributed by atoms with Crippen molar-refractivity contribution >= 4 is 15.8 Å². The van der Waals surface area contributed by atoms with Gasteiger partial charge in [0.1, 0.15) is 10.7 Å². The van der Waals surface area contributed by atoms with Crippen LogP contribution >= 0.6 is 0 Å². The molecule has 0 bridgehead atoms. The average molecular weight is 313 g/mol. The largest absolute Gasteiger partial charge is 0.377 e. The normalized spacial score (nSPS) is 20.4. The monoisotopic (exact) mass is 313 g/mol. The predicted octanol–water partition coefficient (Wildman–Crippen LogP) is 1.75. The second-order valence-corrected chi connectivity index (χ2v) is 6.98. The highest BCUT2D eigenvalue weighted by molar-refractivity contribution is 7.89. The Balaban J connectivity index is 2.01. The molecule has 1 aromatic heterocycles. The van der Waals surface area contributed by atoms with Crippen LogP contribution in [0.3, 0.4) is 0 Å². The molecule has 7 heteroatoms. The van der Waals surface area contributed by atoms with Crippen molar-refractivity contribution in [2.24, 2.45) is 0 Å². The van der Waals surface area contributed by atoms with Crippen LogP contribution in [0.1, 0.15) is 33.1 Å². The Morgan fingerprint density at radius 2 is 2.29 bits per heavy atom. The quantitative estimate of drug-likeness (QED) is 0.801. The fraction of sp³-hybridized carbons (Fsp3) is 0.643. The summed E-state index contributed by atoms with van der Waals surface area (Å²) < 4.78 is 32.8. The lowest BCUT2D eigenvalue weighted by molar-refractivity contribution is 0.0902. The Bertz CT molecular complexity index is 539. The van der Waals surface area contributed by atoms with Crippen molar-refractivity contribution in [3.05, 3.63) is 18.3 Å². The smallest absolute Gasteiger partial charge is 0.242 e. The molecule has 21 heavy (non-hydrogen) atoms. The molecule has 1 saturated heterocycles. The highest BCUT2D eigenvalue weighted by Gasteiger charge is 2.27. The molecule has 118 valence electrons. The van der Waals surface area contributed by atoms with E-state index in [9.17, 15) is 8.42 Å². The van der Waals surface area contributed by atoms with E-state index in [-0.39, 0.29) is 17.0 Å². The first-order valence-electron chi connectivity index (χ1n) is 7.37. The van der Waals surface area contributed by atoms with E-state index in [2.05, 4.69) is 21.9 Å². The fourth-order valence-corrected chi connectivity index (χ4v) is 3.50. The number of nitrogens with zero attached hydrogens (tertiary/aromatic N) is 1. The highest BCUT2D eigenvalue weighted by atomic mass is 32.2. The number of aromatic nitrogens is 1. The first-order valence-corrected chi connectivity index (χ1v) is 8.85. The minimum absolute atomic E-state index is 0.0433. The SMILES string of the molecule is CCCNc1ccc(S(=O)(=O)NC(C)C2CCCO2)cn1. The van der Waals surface area contributed by atoms with Crippen molar-refractivity contribution in [1.82, 2.24) is 9.71 Å². The molecule has 1 aromatic rings. The maximum atomic E-state index is 12.3. The summed E-state index contributed by atoms with van der Waals surface area (Å²) in [5.74, 6) is 0.683. The molecule has 2 atom stereocenters. The van der Waals surface area contributed by atoms with Gasteiger partial charge in [-0.2, -0.15) is 0 Å². The molecule has 6 nitrogen and oxygen atoms in total. The molecule has 2 N–H and O–H groups in total. The van der Waals surface area contributed by atoms with Crippen LogP contribution in [0, 0.1) is 0 Å². The van der Waals surface area contributed by atoms with E-state index in [0.29, 0.717) is 12.4 Å². The van der Waals surface area contributed by atoms with Gasteiger partial charge in [-0.05, 0) is 38.3 Å². The Labute approximate surface area is 126 Å². The van der Waals surface area contributed by atoms with Gasteiger partial charge in [0.05, 0.1) is 6.10 Å². The van der Waals surface area contributed by atoms with Crippen LogP contribution in [0.4, 0.5) is 5.82 Å². The minimum Gasteiger partial charge on any atom is -0.377 e. The Morgan fingerprint density at radius 1 is 1.48 bits per heavy atom. The summed E-state index contributed by atoms with van der Waals surface area (Å²) in [5.41, 5.74) is 0. The number of hydrogen-bond donors (Lipinski definition) is 2. The van der Waals surface area contributed by atoms with Crippen LogP contribution in [0.2, 0.25) is 0 Å². The van der Waals surface area contributed by atoms with Gasteiger partial charge in [0.25, 0.3) is 0 Å². The summed E-state index contributed by atoms with van der Waals surface area (Å²) in [4.78, 5) is 4.30. The molecule has 1 fully saturated rings. The van der Waals surface area contributed by atoms with Crippen molar-refractivity contribution < 1.29 is 13.2 Å². The maximum Gasteiger partial charge on any atom is 0.242 e. The number of rotatable bonds is 7. The number of anilines is 1. The predicted molar refractivity (Wildman–Crippen MR) is 81.8 cm³/mol. The summed E-state index contributed by atoms with van der Waals surface area (Å²) in [5, 5.41) is 3.11. The zero-order chi connectivity index (χ0) is 15.3. The molecule has 0 aliphatic carbocycles. The molecule has 1 aliphatic heterocycles. The summed E-state index contributed by atoms with van der Waals surface area (Å²) in [6.07, 6.45) is 4.20. The van der Waals surface area contributed by atoms with Gasteiger partial charge in [0.2, 0.25) is 10.0 Å². The van der Waals surface area contributed by atoms with E-state index < -0.39 is 10.0 Å². The van der Waals surface area contributed by atoms with Gasteiger partial charge >= 0.3 is 0 Å². The third-order valence-corrected chi connectivity index (χ3v) is 5.01. The van der Waals surface area contributed by atoms with E-state index >= 15 is 0 Å². The summed E-state index contributed by atoms with van der Waals surface area (Å²) in [6.45, 7) is 5.41. The molecule has 1 aliphatic rings. The molecule has 2 unspecified atom stereocenters. The molecule has 0 saturated carbocycles. The second kappa shape index (κ2) is 7.20. The topological polar surface area (TPSA) is 80.3 Å². The maximum absolute atomic E-state index is 12.3. The number of pyridine rings is 1. The van der Waals surface area contributed by atoms with Crippen LogP contribution in [-0.2, 0) is 14.8 Å². The van der Waals surface area contributed by atoms with E-state index in [1.165, 1.54) is 6.20 Å².